The number of amidine groups is 1. The molecule has 0 aromatic heterocycles. The van der Waals surface area contributed by atoms with Crippen molar-refractivity contribution in [2.75, 3.05) is 14.2 Å². The van der Waals surface area contributed by atoms with E-state index < -0.39 is 0 Å². The Morgan fingerprint density at radius 3 is 2.14 bits per heavy atom. The monoisotopic (exact) mass is 392 g/mol. The summed E-state index contributed by atoms with van der Waals surface area (Å²) < 4.78 is 10.7. The number of methoxy groups -OCH3 is 2. The lowest BCUT2D eigenvalue weighted by molar-refractivity contribution is 0.355. The molecule has 0 radical (unpaired) electrons. The van der Waals surface area contributed by atoms with Gasteiger partial charge in [0.1, 0.15) is 5.84 Å². The van der Waals surface area contributed by atoms with E-state index in [-0.39, 0.29) is 0 Å². The van der Waals surface area contributed by atoms with Crippen molar-refractivity contribution >= 4 is 29.2 Å². The maximum atomic E-state index is 5.98. The Bertz CT molecular complexity index is 994. The van der Waals surface area contributed by atoms with Gasteiger partial charge in [0, 0.05) is 5.02 Å². The molecule has 28 heavy (non-hydrogen) atoms. The number of hydrogen-bond acceptors (Lipinski definition) is 3. The summed E-state index contributed by atoms with van der Waals surface area (Å²) >= 11 is 5.87. The zero-order valence-electron chi connectivity index (χ0n) is 15.7. The molecule has 3 aromatic rings. The summed E-state index contributed by atoms with van der Waals surface area (Å²) in [6.07, 6.45) is 3.70. The van der Waals surface area contributed by atoms with Gasteiger partial charge in [-0.2, -0.15) is 0 Å². The number of benzene rings is 3. The van der Waals surface area contributed by atoms with E-state index in [9.17, 15) is 0 Å². The fourth-order valence-corrected chi connectivity index (χ4v) is 2.81. The predicted molar refractivity (Wildman–Crippen MR) is 117 cm³/mol. The Hall–Kier alpha value is -3.24. The second-order valence-electron chi connectivity index (χ2n) is 6.04. The first-order valence-electron chi connectivity index (χ1n) is 8.69. The van der Waals surface area contributed by atoms with Gasteiger partial charge in [0.25, 0.3) is 0 Å². The van der Waals surface area contributed by atoms with Crippen LogP contribution in [0.5, 0.6) is 11.5 Å². The molecule has 0 amide bonds. The fourth-order valence-electron chi connectivity index (χ4n) is 2.69. The Kier molecular flexibility index (Phi) is 6.35. The molecule has 0 fully saturated rings. The standard InChI is InChI=1S/C23H21ClN2O2/c1-27-21-13-8-18(15-22(21)28-2)17-6-3-16(4-7-17)5-14-23(25)26-20-11-9-19(24)10-12-20/h3-15H,1-2H3,(H2,25,26). The highest BCUT2D eigenvalue weighted by Gasteiger charge is 2.06. The predicted octanol–water partition coefficient (Wildman–Crippen LogP) is 5.73. The summed E-state index contributed by atoms with van der Waals surface area (Å²) in [5, 5.41) is 0.669. The van der Waals surface area contributed by atoms with Crippen LogP contribution < -0.4 is 15.2 Å². The van der Waals surface area contributed by atoms with Crippen molar-refractivity contribution in [3.63, 3.8) is 0 Å². The van der Waals surface area contributed by atoms with Crippen molar-refractivity contribution in [3.05, 3.63) is 83.4 Å². The van der Waals surface area contributed by atoms with Crippen LogP contribution in [0.25, 0.3) is 17.2 Å². The van der Waals surface area contributed by atoms with Gasteiger partial charge >= 0.3 is 0 Å². The Labute approximate surface area is 169 Å². The molecule has 2 N–H and O–H groups in total. The largest absolute Gasteiger partial charge is 0.493 e. The summed E-state index contributed by atoms with van der Waals surface area (Å²) in [5.74, 6) is 1.84. The molecule has 0 bridgehead atoms. The molecule has 0 saturated heterocycles. The molecule has 0 unspecified atom stereocenters. The normalized spacial score (nSPS) is 11.6. The van der Waals surface area contributed by atoms with E-state index in [2.05, 4.69) is 4.99 Å². The smallest absolute Gasteiger partial charge is 0.161 e. The van der Waals surface area contributed by atoms with Crippen LogP contribution in [0.4, 0.5) is 5.69 Å². The molecule has 3 aromatic carbocycles. The van der Waals surface area contributed by atoms with Gasteiger partial charge in [-0.3, -0.25) is 0 Å². The number of rotatable bonds is 6. The molecule has 0 atom stereocenters. The number of nitrogens with zero attached hydrogens (tertiary/aromatic N) is 1. The molecule has 142 valence electrons. The average Bonchev–Trinajstić information content (AvgIpc) is 2.73. The third-order valence-corrected chi connectivity index (χ3v) is 4.41. The van der Waals surface area contributed by atoms with E-state index in [1.54, 1.807) is 32.4 Å². The summed E-state index contributed by atoms with van der Waals surface area (Å²) in [6, 6.07) is 21.2. The molecule has 5 heteroatoms. The number of nitrogens with two attached hydrogens (primary N) is 1. The lowest BCUT2D eigenvalue weighted by atomic mass is 10.0. The third-order valence-electron chi connectivity index (χ3n) is 4.16. The van der Waals surface area contributed by atoms with Crippen molar-refractivity contribution in [3.8, 4) is 22.6 Å². The van der Waals surface area contributed by atoms with Gasteiger partial charge in [0.05, 0.1) is 19.9 Å². The van der Waals surface area contributed by atoms with Crippen LogP contribution in [0.1, 0.15) is 5.56 Å². The van der Waals surface area contributed by atoms with Gasteiger partial charge in [0.15, 0.2) is 11.5 Å². The average molecular weight is 393 g/mol. The van der Waals surface area contributed by atoms with Gasteiger partial charge in [-0.1, -0.05) is 48.0 Å². The van der Waals surface area contributed by atoms with Gasteiger partial charge in [-0.15, -0.1) is 0 Å². The van der Waals surface area contributed by atoms with E-state index >= 15 is 0 Å². The Balaban J connectivity index is 1.73. The van der Waals surface area contributed by atoms with Crippen molar-refractivity contribution in [2.45, 2.75) is 0 Å². The van der Waals surface area contributed by atoms with Crippen LogP contribution in [0.3, 0.4) is 0 Å². The van der Waals surface area contributed by atoms with Gasteiger partial charge in [-0.05, 0) is 59.2 Å². The number of hydrogen-bond donors (Lipinski definition) is 1. The summed E-state index contributed by atoms with van der Waals surface area (Å²) in [6.45, 7) is 0. The first-order chi connectivity index (χ1) is 13.6. The molecule has 0 aliphatic carbocycles. The molecule has 4 nitrogen and oxygen atoms in total. The van der Waals surface area contributed by atoms with E-state index in [1.807, 2.05) is 60.7 Å². The zero-order chi connectivity index (χ0) is 19.9. The molecule has 0 aliphatic heterocycles. The van der Waals surface area contributed by atoms with E-state index in [0.29, 0.717) is 22.4 Å². The minimum Gasteiger partial charge on any atom is -0.493 e. The van der Waals surface area contributed by atoms with Crippen molar-refractivity contribution in [1.29, 1.82) is 0 Å². The molecule has 3 rings (SSSR count). The summed E-state index contributed by atoms with van der Waals surface area (Å²) in [7, 11) is 3.26. The Morgan fingerprint density at radius 2 is 1.50 bits per heavy atom. The summed E-state index contributed by atoms with van der Waals surface area (Å²) in [4.78, 5) is 4.34. The van der Waals surface area contributed by atoms with Crippen molar-refractivity contribution in [1.82, 2.24) is 0 Å². The first kappa shape index (κ1) is 19.5. The van der Waals surface area contributed by atoms with Crippen molar-refractivity contribution in [2.24, 2.45) is 10.7 Å². The highest BCUT2D eigenvalue weighted by Crippen LogP contribution is 2.32. The molecular formula is C23H21ClN2O2. The topological polar surface area (TPSA) is 56.8 Å². The van der Waals surface area contributed by atoms with E-state index in [1.165, 1.54) is 0 Å². The van der Waals surface area contributed by atoms with Gasteiger partial charge in [0.2, 0.25) is 0 Å². The molecule has 0 saturated carbocycles. The second kappa shape index (κ2) is 9.11. The van der Waals surface area contributed by atoms with Crippen LogP contribution in [0.15, 0.2) is 77.8 Å². The van der Waals surface area contributed by atoms with Gasteiger partial charge < -0.3 is 15.2 Å². The van der Waals surface area contributed by atoms with Crippen LogP contribution in [-0.4, -0.2) is 20.1 Å². The second-order valence-corrected chi connectivity index (χ2v) is 6.47. The first-order valence-corrected chi connectivity index (χ1v) is 9.07. The fraction of sp³-hybridized carbons (Fsp3) is 0.0870. The van der Waals surface area contributed by atoms with Crippen LogP contribution in [-0.2, 0) is 0 Å². The molecular weight excluding hydrogens is 372 g/mol. The van der Waals surface area contributed by atoms with Crippen LogP contribution in [0, 0.1) is 0 Å². The maximum Gasteiger partial charge on any atom is 0.161 e. The third kappa shape index (κ3) is 4.93. The van der Waals surface area contributed by atoms with Crippen LogP contribution in [0.2, 0.25) is 5.02 Å². The highest BCUT2D eigenvalue weighted by atomic mass is 35.5. The molecule has 0 spiro atoms. The molecule has 0 heterocycles. The Morgan fingerprint density at radius 1 is 0.857 bits per heavy atom. The zero-order valence-corrected chi connectivity index (χ0v) is 16.5. The number of halogens is 1. The number of aliphatic imine (C=N–C) groups is 1. The van der Waals surface area contributed by atoms with E-state index in [4.69, 9.17) is 26.8 Å². The van der Waals surface area contributed by atoms with Crippen LogP contribution >= 0.6 is 11.6 Å². The highest BCUT2D eigenvalue weighted by molar-refractivity contribution is 6.30. The lowest BCUT2D eigenvalue weighted by Crippen LogP contribution is -2.06. The van der Waals surface area contributed by atoms with E-state index in [0.717, 1.165) is 22.4 Å². The maximum absolute atomic E-state index is 5.98. The minimum absolute atomic E-state index is 0.422. The quantitative estimate of drug-likeness (QED) is 0.430. The number of ether oxygens (including phenoxy) is 2. The minimum atomic E-state index is 0.422. The summed E-state index contributed by atoms with van der Waals surface area (Å²) in [5.41, 5.74) is 9.90. The lowest BCUT2D eigenvalue weighted by Gasteiger charge is -2.10. The SMILES string of the molecule is COc1ccc(-c2ccc(C=CC(N)=Nc3ccc(Cl)cc3)cc2)cc1OC. The van der Waals surface area contributed by atoms with Gasteiger partial charge in [-0.25, -0.2) is 4.99 Å². The van der Waals surface area contributed by atoms with Crippen molar-refractivity contribution < 1.29 is 9.47 Å². The molecule has 0 aliphatic rings.